The van der Waals surface area contributed by atoms with Gasteiger partial charge in [-0.25, -0.2) is 0 Å². The Morgan fingerprint density at radius 3 is 2.88 bits per heavy atom. The molecule has 0 heterocycles. The molecule has 2 nitrogen and oxygen atoms in total. The third-order valence-electron chi connectivity index (χ3n) is 2.71. The van der Waals surface area contributed by atoms with Gasteiger partial charge in [0.25, 0.3) is 0 Å². The number of nitrogens with one attached hydrogen (secondary N) is 1. The van der Waals surface area contributed by atoms with Crippen LogP contribution in [0.5, 0.6) is 5.75 Å². The van der Waals surface area contributed by atoms with Gasteiger partial charge in [0.05, 0.1) is 0 Å². The molecule has 94 valence electrons. The number of hydrogen-bond acceptors (Lipinski definition) is 2. The van der Waals surface area contributed by atoms with Gasteiger partial charge in [-0.05, 0) is 44.5 Å². The van der Waals surface area contributed by atoms with Crippen molar-refractivity contribution >= 4 is 15.9 Å². The van der Waals surface area contributed by atoms with E-state index in [-0.39, 0.29) is 6.04 Å². The highest BCUT2D eigenvalue weighted by molar-refractivity contribution is 9.10. The third-order valence-corrected chi connectivity index (χ3v) is 3.20. The number of phenolic OH excluding ortho intramolecular Hbond substituents is 1. The van der Waals surface area contributed by atoms with Gasteiger partial charge in [-0.3, -0.25) is 0 Å². The van der Waals surface area contributed by atoms with Crippen LogP contribution in [0.4, 0.5) is 0 Å². The molecule has 0 spiro atoms. The molecule has 0 aliphatic carbocycles. The second-order valence-electron chi connectivity index (χ2n) is 3.98. The van der Waals surface area contributed by atoms with Crippen LogP contribution in [-0.2, 0) is 0 Å². The molecule has 17 heavy (non-hydrogen) atoms. The predicted octanol–water partition coefficient (Wildman–Crippen LogP) is 4.16. The average molecular weight is 298 g/mol. The summed E-state index contributed by atoms with van der Waals surface area (Å²) >= 11 is 3.44. The molecule has 0 saturated heterocycles. The maximum absolute atomic E-state index is 9.86. The summed E-state index contributed by atoms with van der Waals surface area (Å²) in [6, 6.07) is 5.77. The Morgan fingerprint density at radius 2 is 2.24 bits per heavy atom. The summed E-state index contributed by atoms with van der Waals surface area (Å²) in [5.41, 5.74) is 0.961. The van der Waals surface area contributed by atoms with Gasteiger partial charge < -0.3 is 10.4 Å². The van der Waals surface area contributed by atoms with Crippen molar-refractivity contribution < 1.29 is 5.11 Å². The molecule has 0 amide bonds. The fourth-order valence-electron chi connectivity index (χ4n) is 1.79. The van der Waals surface area contributed by atoms with Crippen molar-refractivity contribution in [2.75, 3.05) is 6.54 Å². The Balaban J connectivity index is 2.68. The molecule has 1 atom stereocenters. The summed E-state index contributed by atoms with van der Waals surface area (Å²) in [7, 11) is 0. The minimum absolute atomic E-state index is 0.206. The summed E-state index contributed by atoms with van der Waals surface area (Å²) in [5, 5.41) is 13.3. The number of benzene rings is 1. The second kappa shape index (κ2) is 7.51. The molecular formula is C14H20BrNO. The van der Waals surface area contributed by atoms with Crippen molar-refractivity contribution in [1.82, 2.24) is 5.32 Å². The van der Waals surface area contributed by atoms with Gasteiger partial charge >= 0.3 is 0 Å². The monoisotopic (exact) mass is 297 g/mol. The lowest BCUT2D eigenvalue weighted by Gasteiger charge is -2.18. The minimum atomic E-state index is 0.206. The number of allylic oxidation sites excluding steroid dienone is 1. The Bertz CT molecular complexity index is 376. The first-order valence-corrected chi connectivity index (χ1v) is 6.81. The van der Waals surface area contributed by atoms with E-state index in [4.69, 9.17) is 0 Å². The Hall–Kier alpha value is -0.800. The van der Waals surface area contributed by atoms with E-state index < -0.39 is 0 Å². The van der Waals surface area contributed by atoms with Crippen LogP contribution in [0.2, 0.25) is 0 Å². The Labute approximate surface area is 112 Å². The minimum Gasteiger partial charge on any atom is -0.508 e. The summed E-state index contributed by atoms with van der Waals surface area (Å²) in [5.74, 6) is 0.360. The highest BCUT2D eigenvalue weighted by Crippen LogP contribution is 2.29. The van der Waals surface area contributed by atoms with Gasteiger partial charge in [0, 0.05) is 16.1 Å². The lowest BCUT2D eigenvalue weighted by Crippen LogP contribution is -2.21. The van der Waals surface area contributed by atoms with E-state index in [2.05, 4.69) is 40.3 Å². The predicted molar refractivity (Wildman–Crippen MR) is 76.3 cm³/mol. The van der Waals surface area contributed by atoms with Crippen molar-refractivity contribution in [3.63, 3.8) is 0 Å². The molecule has 0 radical (unpaired) electrons. The molecule has 1 aromatic rings. The molecule has 0 aliphatic rings. The van der Waals surface area contributed by atoms with Crippen LogP contribution in [-0.4, -0.2) is 11.7 Å². The molecule has 0 bridgehead atoms. The van der Waals surface area contributed by atoms with Gasteiger partial charge in [-0.1, -0.05) is 35.0 Å². The van der Waals surface area contributed by atoms with Crippen LogP contribution in [0.3, 0.4) is 0 Å². The van der Waals surface area contributed by atoms with E-state index >= 15 is 0 Å². The zero-order valence-electron chi connectivity index (χ0n) is 10.4. The zero-order valence-corrected chi connectivity index (χ0v) is 12.0. The molecular weight excluding hydrogens is 278 g/mol. The average Bonchev–Trinajstić information content (AvgIpc) is 2.33. The molecule has 2 N–H and O–H groups in total. The lowest BCUT2D eigenvalue weighted by molar-refractivity contribution is 0.442. The summed E-state index contributed by atoms with van der Waals surface area (Å²) in [6.07, 6.45) is 6.17. The van der Waals surface area contributed by atoms with E-state index in [0.29, 0.717) is 5.75 Å². The van der Waals surface area contributed by atoms with Gasteiger partial charge in [0.2, 0.25) is 0 Å². The highest BCUT2D eigenvalue weighted by Gasteiger charge is 2.12. The number of aromatic hydroxyl groups is 1. The van der Waals surface area contributed by atoms with Crippen molar-refractivity contribution in [1.29, 1.82) is 0 Å². The lowest BCUT2D eigenvalue weighted by atomic mass is 10.0. The van der Waals surface area contributed by atoms with E-state index in [1.807, 2.05) is 19.1 Å². The highest BCUT2D eigenvalue weighted by atomic mass is 79.9. The van der Waals surface area contributed by atoms with Crippen molar-refractivity contribution in [3.05, 3.63) is 40.4 Å². The fourth-order valence-corrected chi connectivity index (χ4v) is 2.17. The summed E-state index contributed by atoms with van der Waals surface area (Å²) < 4.78 is 0.999. The first-order chi connectivity index (χ1) is 8.19. The van der Waals surface area contributed by atoms with Crippen molar-refractivity contribution in [3.8, 4) is 5.75 Å². The molecule has 1 unspecified atom stereocenters. The van der Waals surface area contributed by atoms with Crippen LogP contribution in [0, 0.1) is 0 Å². The molecule has 0 aromatic heterocycles. The van der Waals surface area contributed by atoms with E-state index in [0.717, 1.165) is 29.4 Å². The fraction of sp³-hybridized carbons (Fsp3) is 0.429. The topological polar surface area (TPSA) is 32.3 Å². The van der Waals surface area contributed by atoms with Crippen molar-refractivity contribution in [2.45, 2.75) is 32.7 Å². The summed E-state index contributed by atoms with van der Waals surface area (Å²) in [4.78, 5) is 0. The normalized spacial score (nSPS) is 13.1. The van der Waals surface area contributed by atoms with E-state index in [1.54, 1.807) is 6.07 Å². The first-order valence-electron chi connectivity index (χ1n) is 6.02. The smallest absolute Gasteiger partial charge is 0.120 e. The number of halogens is 1. The zero-order chi connectivity index (χ0) is 12.7. The Morgan fingerprint density at radius 1 is 1.47 bits per heavy atom. The molecule has 3 heteroatoms. The second-order valence-corrected chi connectivity index (χ2v) is 4.89. The van der Waals surface area contributed by atoms with Crippen LogP contribution in [0.1, 0.15) is 38.3 Å². The summed E-state index contributed by atoms with van der Waals surface area (Å²) in [6.45, 7) is 5.07. The quantitative estimate of drug-likeness (QED) is 0.610. The standard InChI is InChI=1S/C14H20BrNO/c1-3-5-6-9-16-13(4-2)12-10-11(15)7-8-14(12)17/h3,5,7-8,10,13,16-17H,4,6,9H2,1-2H3/b5-3+. The number of rotatable bonds is 6. The molecule has 0 aliphatic heterocycles. The maximum Gasteiger partial charge on any atom is 0.120 e. The molecule has 1 rings (SSSR count). The molecule has 0 fully saturated rings. The maximum atomic E-state index is 9.86. The Kier molecular flexibility index (Phi) is 6.30. The van der Waals surface area contributed by atoms with Gasteiger partial charge in [-0.2, -0.15) is 0 Å². The van der Waals surface area contributed by atoms with Crippen LogP contribution in [0.25, 0.3) is 0 Å². The number of hydrogen-bond donors (Lipinski definition) is 2. The van der Waals surface area contributed by atoms with E-state index in [1.165, 1.54) is 0 Å². The first kappa shape index (κ1) is 14.3. The largest absolute Gasteiger partial charge is 0.508 e. The molecule has 0 saturated carbocycles. The van der Waals surface area contributed by atoms with Crippen LogP contribution < -0.4 is 5.32 Å². The molecule has 1 aromatic carbocycles. The SMILES string of the molecule is C/C=C/CCNC(CC)c1cc(Br)ccc1O. The van der Waals surface area contributed by atoms with Crippen LogP contribution >= 0.6 is 15.9 Å². The third kappa shape index (κ3) is 4.52. The van der Waals surface area contributed by atoms with Crippen molar-refractivity contribution in [2.24, 2.45) is 0 Å². The van der Waals surface area contributed by atoms with Gasteiger partial charge in [0.15, 0.2) is 0 Å². The number of phenols is 1. The van der Waals surface area contributed by atoms with E-state index in [9.17, 15) is 5.11 Å². The van der Waals surface area contributed by atoms with Gasteiger partial charge in [0.1, 0.15) is 5.75 Å². The van der Waals surface area contributed by atoms with Crippen LogP contribution in [0.15, 0.2) is 34.8 Å². The van der Waals surface area contributed by atoms with Gasteiger partial charge in [-0.15, -0.1) is 0 Å².